The first-order valence-electron chi connectivity index (χ1n) is 9.08. The fraction of sp³-hybridized carbons (Fsp3) is 0.611. The average Bonchev–Trinajstić information content (AvgIpc) is 2.98. The van der Waals surface area contributed by atoms with E-state index in [4.69, 9.17) is 4.74 Å². The van der Waals surface area contributed by atoms with Gasteiger partial charge in [0.2, 0.25) is 11.8 Å². The van der Waals surface area contributed by atoms with Gasteiger partial charge in [-0.2, -0.15) is 14.5 Å². The van der Waals surface area contributed by atoms with E-state index in [2.05, 4.69) is 20.4 Å². The van der Waals surface area contributed by atoms with E-state index in [9.17, 15) is 9.50 Å². The molecule has 1 saturated carbocycles. The molecule has 0 aliphatic heterocycles. The Kier molecular flexibility index (Phi) is 5.70. The Morgan fingerprint density at radius 3 is 2.73 bits per heavy atom. The summed E-state index contributed by atoms with van der Waals surface area (Å²) < 4.78 is 21.4. The molecule has 3 rings (SSSR count). The first-order chi connectivity index (χ1) is 12.4. The fourth-order valence-corrected chi connectivity index (χ4v) is 3.01. The Morgan fingerprint density at radius 1 is 1.35 bits per heavy atom. The molecule has 8 heteroatoms. The molecule has 1 aliphatic rings. The fourth-order valence-electron chi connectivity index (χ4n) is 3.01. The van der Waals surface area contributed by atoms with Crippen molar-refractivity contribution >= 4 is 11.6 Å². The highest BCUT2D eigenvalue weighted by Crippen LogP contribution is 2.26. The second kappa shape index (κ2) is 7.99. The molecule has 0 atom stereocenters. The van der Waals surface area contributed by atoms with Gasteiger partial charge in [0.1, 0.15) is 0 Å². The van der Waals surface area contributed by atoms with Gasteiger partial charge in [-0.05, 0) is 52.4 Å². The van der Waals surface area contributed by atoms with E-state index in [1.165, 1.54) is 0 Å². The predicted octanol–water partition coefficient (Wildman–Crippen LogP) is 3.38. The van der Waals surface area contributed by atoms with Crippen LogP contribution in [0.3, 0.4) is 0 Å². The SMILES string of the molecule is Cc1nn(C(C)C)cc1Nc1ncc(F)c(OC[C@H]2CC[C@H](O)CC2)n1. The minimum absolute atomic E-state index is 0.0532. The Labute approximate surface area is 152 Å². The minimum Gasteiger partial charge on any atom is -0.475 e. The van der Waals surface area contributed by atoms with Gasteiger partial charge in [0.25, 0.3) is 5.88 Å². The zero-order chi connectivity index (χ0) is 18.7. The number of halogens is 1. The van der Waals surface area contributed by atoms with Crippen LogP contribution in [0.25, 0.3) is 0 Å². The van der Waals surface area contributed by atoms with Crippen LogP contribution in [0.1, 0.15) is 51.3 Å². The number of nitrogens with zero attached hydrogens (tertiary/aromatic N) is 4. The van der Waals surface area contributed by atoms with Crippen LogP contribution >= 0.6 is 0 Å². The molecule has 2 heterocycles. The number of nitrogens with one attached hydrogen (secondary N) is 1. The van der Waals surface area contributed by atoms with Gasteiger partial charge in [-0.15, -0.1) is 0 Å². The smallest absolute Gasteiger partial charge is 0.255 e. The Morgan fingerprint density at radius 2 is 2.08 bits per heavy atom. The Hall–Kier alpha value is -2.22. The van der Waals surface area contributed by atoms with E-state index in [0.717, 1.165) is 43.3 Å². The van der Waals surface area contributed by atoms with Crippen LogP contribution in [0.2, 0.25) is 0 Å². The monoisotopic (exact) mass is 363 g/mol. The maximum absolute atomic E-state index is 14.0. The third-order valence-corrected chi connectivity index (χ3v) is 4.68. The van der Waals surface area contributed by atoms with Gasteiger partial charge in [0.05, 0.1) is 30.3 Å². The summed E-state index contributed by atoms with van der Waals surface area (Å²) in [5, 5.41) is 17.1. The molecule has 0 saturated heterocycles. The summed E-state index contributed by atoms with van der Waals surface area (Å²) >= 11 is 0. The van der Waals surface area contributed by atoms with E-state index in [-0.39, 0.29) is 24.0 Å². The molecule has 7 nitrogen and oxygen atoms in total. The second-order valence-electron chi connectivity index (χ2n) is 7.16. The summed E-state index contributed by atoms with van der Waals surface area (Å²) in [5.74, 6) is -0.0499. The van der Waals surface area contributed by atoms with Crippen molar-refractivity contribution in [3.63, 3.8) is 0 Å². The zero-order valence-corrected chi connectivity index (χ0v) is 15.4. The molecule has 2 aromatic rings. The molecule has 2 aromatic heterocycles. The summed E-state index contributed by atoms with van der Waals surface area (Å²) in [7, 11) is 0. The molecule has 0 unspecified atom stereocenters. The molecule has 1 fully saturated rings. The highest BCUT2D eigenvalue weighted by molar-refractivity contribution is 5.55. The summed E-state index contributed by atoms with van der Waals surface area (Å²) in [6.45, 7) is 6.37. The number of aryl methyl sites for hydroxylation is 1. The first kappa shape index (κ1) is 18.6. The van der Waals surface area contributed by atoms with Crippen LogP contribution in [0.4, 0.5) is 16.0 Å². The molecule has 0 amide bonds. The lowest BCUT2D eigenvalue weighted by molar-refractivity contribution is 0.0899. The van der Waals surface area contributed by atoms with Gasteiger partial charge in [-0.25, -0.2) is 4.98 Å². The minimum atomic E-state index is -0.582. The lowest BCUT2D eigenvalue weighted by atomic mass is 9.88. The van der Waals surface area contributed by atoms with Crippen molar-refractivity contribution in [1.29, 1.82) is 0 Å². The molecular weight excluding hydrogens is 337 g/mol. The number of aromatic nitrogens is 4. The standard InChI is InChI=1S/C18H26FN5O2/c1-11(2)24-9-16(12(3)23-24)21-18-20-8-15(19)17(22-18)26-10-13-4-6-14(25)7-5-13/h8-9,11,13-14,25H,4-7,10H2,1-3H3,(H,20,21,22)/t13-,14-. The molecule has 0 spiro atoms. The number of hydrogen-bond acceptors (Lipinski definition) is 6. The van der Waals surface area contributed by atoms with Crippen molar-refractivity contribution < 1.29 is 14.2 Å². The summed E-state index contributed by atoms with van der Waals surface area (Å²) in [4.78, 5) is 8.14. The summed E-state index contributed by atoms with van der Waals surface area (Å²) in [6.07, 6.45) is 6.07. The topological polar surface area (TPSA) is 85.1 Å². The largest absolute Gasteiger partial charge is 0.475 e. The number of hydrogen-bond donors (Lipinski definition) is 2. The Bertz CT molecular complexity index is 741. The third-order valence-electron chi connectivity index (χ3n) is 4.68. The molecular formula is C18H26FN5O2. The lowest BCUT2D eigenvalue weighted by Gasteiger charge is -2.25. The van der Waals surface area contributed by atoms with Crippen molar-refractivity contribution in [1.82, 2.24) is 19.7 Å². The maximum atomic E-state index is 14.0. The quantitative estimate of drug-likeness (QED) is 0.818. The molecule has 0 aromatic carbocycles. The number of aliphatic hydroxyl groups is 1. The van der Waals surface area contributed by atoms with Crippen LogP contribution in [0.5, 0.6) is 5.88 Å². The van der Waals surface area contributed by atoms with E-state index >= 15 is 0 Å². The summed E-state index contributed by atoms with van der Waals surface area (Å²) in [5.41, 5.74) is 1.59. The number of rotatable bonds is 6. The molecule has 26 heavy (non-hydrogen) atoms. The maximum Gasteiger partial charge on any atom is 0.255 e. The molecule has 142 valence electrons. The van der Waals surface area contributed by atoms with Gasteiger partial charge in [0, 0.05) is 12.2 Å². The highest BCUT2D eigenvalue weighted by atomic mass is 19.1. The van der Waals surface area contributed by atoms with Crippen LogP contribution in [0, 0.1) is 18.7 Å². The van der Waals surface area contributed by atoms with E-state index < -0.39 is 5.82 Å². The van der Waals surface area contributed by atoms with Gasteiger partial charge >= 0.3 is 0 Å². The van der Waals surface area contributed by atoms with Gasteiger partial charge < -0.3 is 15.2 Å². The third kappa shape index (κ3) is 4.49. The molecule has 0 radical (unpaired) electrons. The lowest BCUT2D eigenvalue weighted by Crippen LogP contribution is -2.23. The van der Waals surface area contributed by atoms with Gasteiger partial charge in [-0.1, -0.05) is 0 Å². The number of aliphatic hydroxyl groups excluding tert-OH is 1. The molecule has 2 N–H and O–H groups in total. The Balaban J connectivity index is 1.65. The zero-order valence-electron chi connectivity index (χ0n) is 15.4. The predicted molar refractivity (Wildman–Crippen MR) is 96.1 cm³/mol. The summed E-state index contributed by atoms with van der Waals surface area (Å²) in [6, 6.07) is 0.242. The first-order valence-corrected chi connectivity index (χ1v) is 9.08. The van der Waals surface area contributed by atoms with Crippen molar-refractivity contribution in [3.8, 4) is 5.88 Å². The average molecular weight is 363 g/mol. The van der Waals surface area contributed by atoms with Crippen LogP contribution in [-0.4, -0.2) is 37.6 Å². The second-order valence-corrected chi connectivity index (χ2v) is 7.16. The number of ether oxygens (including phenoxy) is 1. The van der Waals surface area contributed by atoms with Crippen molar-refractivity contribution in [2.45, 2.75) is 58.6 Å². The van der Waals surface area contributed by atoms with Crippen LogP contribution in [0.15, 0.2) is 12.4 Å². The van der Waals surface area contributed by atoms with Crippen LogP contribution < -0.4 is 10.1 Å². The van der Waals surface area contributed by atoms with Gasteiger partial charge in [-0.3, -0.25) is 4.68 Å². The highest BCUT2D eigenvalue weighted by Gasteiger charge is 2.21. The van der Waals surface area contributed by atoms with E-state index in [1.54, 1.807) is 0 Å². The molecule has 0 bridgehead atoms. The van der Waals surface area contributed by atoms with E-state index in [0.29, 0.717) is 12.5 Å². The van der Waals surface area contributed by atoms with Crippen molar-refractivity contribution in [3.05, 3.63) is 23.9 Å². The normalized spacial score (nSPS) is 20.4. The molecule has 1 aliphatic carbocycles. The van der Waals surface area contributed by atoms with Gasteiger partial charge in [0.15, 0.2) is 0 Å². The van der Waals surface area contributed by atoms with Crippen molar-refractivity contribution in [2.75, 3.05) is 11.9 Å². The van der Waals surface area contributed by atoms with Crippen molar-refractivity contribution in [2.24, 2.45) is 5.92 Å². The number of anilines is 2. The van der Waals surface area contributed by atoms with Crippen LogP contribution in [-0.2, 0) is 0 Å². The van der Waals surface area contributed by atoms with E-state index in [1.807, 2.05) is 31.6 Å².